The fourth-order valence-electron chi connectivity index (χ4n) is 2.35. The van der Waals surface area contributed by atoms with Crippen molar-refractivity contribution in [2.45, 2.75) is 25.9 Å². The molecule has 0 saturated carbocycles. The summed E-state index contributed by atoms with van der Waals surface area (Å²) in [5.41, 5.74) is 0. The second-order valence-electron chi connectivity index (χ2n) is 4.67. The summed E-state index contributed by atoms with van der Waals surface area (Å²) in [7, 11) is 0. The average Bonchev–Trinajstić information content (AvgIpc) is 2.94. The van der Waals surface area contributed by atoms with Gasteiger partial charge < -0.3 is 4.90 Å². The highest BCUT2D eigenvalue weighted by Gasteiger charge is 2.25. The monoisotopic (exact) mass is 261 g/mol. The molecule has 1 atom stereocenters. The molecule has 19 heavy (non-hydrogen) atoms. The Balaban J connectivity index is 1.83. The number of aromatic nitrogens is 2. The summed E-state index contributed by atoms with van der Waals surface area (Å²) in [5, 5.41) is 13.1. The van der Waals surface area contributed by atoms with Crippen molar-refractivity contribution in [2.75, 3.05) is 26.2 Å². The van der Waals surface area contributed by atoms with Gasteiger partial charge in [-0.15, -0.1) is 0 Å². The number of hydrogen-bond acceptors (Lipinski definition) is 4. The van der Waals surface area contributed by atoms with Crippen molar-refractivity contribution in [3.63, 3.8) is 0 Å². The van der Waals surface area contributed by atoms with Crippen molar-refractivity contribution < 1.29 is 4.79 Å². The van der Waals surface area contributed by atoms with E-state index >= 15 is 0 Å². The first kappa shape index (κ1) is 13.6. The maximum Gasteiger partial charge on any atom is 0.244 e. The minimum Gasteiger partial charge on any atom is -0.339 e. The van der Waals surface area contributed by atoms with Gasteiger partial charge in [0.25, 0.3) is 0 Å². The van der Waals surface area contributed by atoms with Crippen LogP contribution < -0.4 is 0 Å². The molecule has 0 radical (unpaired) electrons. The van der Waals surface area contributed by atoms with Crippen molar-refractivity contribution in [3.8, 4) is 6.07 Å². The van der Waals surface area contributed by atoms with Crippen LogP contribution in [0.1, 0.15) is 13.3 Å². The van der Waals surface area contributed by atoms with Gasteiger partial charge >= 0.3 is 0 Å². The van der Waals surface area contributed by atoms with Gasteiger partial charge in [0.05, 0.1) is 12.1 Å². The Morgan fingerprint density at radius 3 is 2.68 bits per heavy atom. The van der Waals surface area contributed by atoms with E-state index in [0.717, 1.165) is 19.5 Å². The molecule has 2 heterocycles. The van der Waals surface area contributed by atoms with Gasteiger partial charge in [0, 0.05) is 38.6 Å². The maximum absolute atomic E-state index is 12.1. The van der Waals surface area contributed by atoms with Crippen molar-refractivity contribution in [1.82, 2.24) is 19.6 Å². The molecular formula is C13H19N5O. The molecule has 1 aliphatic heterocycles. The lowest BCUT2D eigenvalue weighted by molar-refractivity contribution is -0.134. The summed E-state index contributed by atoms with van der Waals surface area (Å²) in [6.07, 6.45) is 4.29. The minimum absolute atomic E-state index is 0.0247. The summed E-state index contributed by atoms with van der Waals surface area (Å²) < 4.78 is 1.64. The van der Waals surface area contributed by atoms with Gasteiger partial charge in [-0.2, -0.15) is 10.4 Å². The molecule has 1 fully saturated rings. The third kappa shape index (κ3) is 3.32. The van der Waals surface area contributed by atoms with Gasteiger partial charge in [0.15, 0.2) is 0 Å². The van der Waals surface area contributed by atoms with E-state index in [0.29, 0.717) is 19.6 Å². The molecule has 1 unspecified atom stereocenters. The molecule has 1 amide bonds. The molecule has 1 aromatic heterocycles. The summed E-state index contributed by atoms with van der Waals surface area (Å²) >= 11 is 0. The van der Waals surface area contributed by atoms with E-state index in [2.05, 4.69) is 16.1 Å². The first-order chi connectivity index (χ1) is 9.24. The topological polar surface area (TPSA) is 65.2 Å². The highest BCUT2D eigenvalue weighted by atomic mass is 16.2. The first-order valence-corrected chi connectivity index (χ1v) is 6.63. The summed E-state index contributed by atoms with van der Waals surface area (Å²) in [4.78, 5) is 16.1. The number of nitrogens with zero attached hydrogens (tertiary/aromatic N) is 5. The van der Waals surface area contributed by atoms with Crippen LogP contribution in [-0.2, 0) is 11.3 Å². The molecule has 1 saturated heterocycles. The predicted octanol–water partition coefficient (Wildman–Crippen LogP) is 0.329. The molecule has 6 heteroatoms. The summed E-state index contributed by atoms with van der Waals surface area (Å²) in [5.74, 6) is 0.0911. The number of rotatable bonds is 4. The van der Waals surface area contributed by atoms with Gasteiger partial charge in [-0.05, 0) is 12.5 Å². The zero-order valence-electron chi connectivity index (χ0n) is 11.2. The largest absolute Gasteiger partial charge is 0.339 e. The van der Waals surface area contributed by atoms with Gasteiger partial charge in [-0.3, -0.25) is 14.4 Å². The fourth-order valence-corrected chi connectivity index (χ4v) is 2.35. The second-order valence-corrected chi connectivity index (χ2v) is 4.67. The van der Waals surface area contributed by atoms with E-state index in [1.54, 1.807) is 17.1 Å². The Labute approximate surface area is 113 Å². The number of piperazine rings is 1. The van der Waals surface area contributed by atoms with Crippen molar-refractivity contribution in [1.29, 1.82) is 5.26 Å². The van der Waals surface area contributed by atoms with E-state index in [4.69, 9.17) is 5.26 Å². The van der Waals surface area contributed by atoms with Crippen LogP contribution in [0.5, 0.6) is 0 Å². The molecule has 1 aliphatic rings. The normalized spacial score (nSPS) is 18.0. The van der Waals surface area contributed by atoms with Crippen LogP contribution in [0.4, 0.5) is 0 Å². The molecule has 0 N–H and O–H groups in total. The van der Waals surface area contributed by atoms with Crippen LogP contribution in [0.25, 0.3) is 0 Å². The first-order valence-electron chi connectivity index (χ1n) is 6.63. The molecule has 1 aromatic rings. The molecule has 102 valence electrons. The smallest absolute Gasteiger partial charge is 0.244 e. The van der Waals surface area contributed by atoms with Crippen LogP contribution in [0.15, 0.2) is 18.5 Å². The lowest BCUT2D eigenvalue weighted by Crippen LogP contribution is -2.52. The van der Waals surface area contributed by atoms with E-state index in [1.807, 2.05) is 17.9 Å². The Morgan fingerprint density at radius 1 is 1.42 bits per heavy atom. The van der Waals surface area contributed by atoms with E-state index in [1.165, 1.54) is 0 Å². The zero-order valence-corrected chi connectivity index (χ0v) is 11.2. The quantitative estimate of drug-likeness (QED) is 0.783. The number of amides is 1. The van der Waals surface area contributed by atoms with Crippen LogP contribution in [-0.4, -0.2) is 57.7 Å². The maximum atomic E-state index is 12.1. The van der Waals surface area contributed by atoms with E-state index in [9.17, 15) is 4.79 Å². The zero-order chi connectivity index (χ0) is 13.7. The Morgan fingerprint density at radius 2 is 2.16 bits per heavy atom. The summed E-state index contributed by atoms with van der Waals surface area (Å²) in [6.45, 7) is 5.25. The average molecular weight is 261 g/mol. The molecule has 0 aliphatic carbocycles. The molecular weight excluding hydrogens is 242 g/mol. The number of hydrogen-bond donors (Lipinski definition) is 0. The number of carbonyl (C=O) groups excluding carboxylic acids is 1. The van der Waals surface area contributed by atoms with Crippen molar-refractivity contribution in [2.24, 2.45) is 0 Å². The van der Waals surface area contributed by atoms with Crippen LogP contribution >= 0.6 is 0 Å². The van der Waals surface area contributed by atoms with Crippen LogP contribution in [0, 0.1) is 11.3 Å². The Kier molecular flexibility index (Phi) is 4.53. The summed E-state index contributed by atoms with van der Waals surface area (Å²) in [6, 6.07) is 4.10. The standard InChI is InChI=1S/C13H19N5O/c1-2-12(10-14)16-6-8-17(9-7-16)13(19)11-18-5-3-4-15-18/h3-5,12H,2,6-9,11H2,1H3. The number of carbonyl (C=O) groups is 1. The molecule has 0 aromatic carbocycles. The second kappa shape index (κ2) is 6.34. The molecule has 2 rings (SSSR count). The van der Waals surface area contributed by atoms with E-state index in [-0.39, 0.29) is 11.9 Å². The third-order valence-corrected chi connectivity index (χ3v) is 3.50. The Hall–Kier alpha value is -1.87. The highest BCUT2D eigenvalue weighted by Crippen LogP contribution is 2.09. The Bertz CT molecular complexity index is 442. The third-order valence-electron chi connectivity index (χ3n) is 3.50. The highest BCUT2D eigenvalue weighted by molar-refractivity contribution is 5.76. The molecule has 0 spiro atoms. The minimum atomic E-state index is -0.0247. The van der Waals surface area contributed by atoms with Gasteiger partial charge in [-0.1, -0.05) is 6.92 Å². The molecule has 0 bridgehead atoms. The van der Waals surface area contributed by atoms with Crippen molar-refractivity contribution in [3.05, 3.63) is 18.5 Å². The van der Waals surface area contributed by atoms with Gasteiger partial charge in [0.2, 0.25) is 5.91 Å². The van der Waals surface area contributed by atoms with Gasteiger partial charge in [-0.25, -0.2) is 0 Å². The van der Waals surface area contributed by atoms with Crippen LogP contribution in [0.2, 0.25) is 0 Å². The SMILES string of the molecule is CCC(C#N)N1CCN(C(=O)Cn2cccn2)CC1. The number of nitriles is 1. The van der Waals surface area contributed by atoms with Gasteiger partial charge in [0.1, 0.15) is 6.54 Å². The fraction of sp³-hybridized carbons (Fsp3) is 0.615. The predicted molar refractivity (Wildman–Crippen MR) is 70.1 cm³/mol. The van der Waals surface area contributed by atoms with E-state index < -0.39 is 0 Å². The lowest BCUT2D eigenvalue weighted by Gasteiger charge is -2.36. The lowest BCUT2D eigenvalue weighted by atomic mass is 10.2. The van der Waals surface area contributed by atoms with Crippen LogP contribution in [0.3, 0.4) is 0 Å². The molecule has 6 nitrogen and oxygen atoms in total. The van der Waals surface area contributed by atoms with Crippen molar-refractivity contribution >= 4 is 5.91 Å².